The van der Waals surface area contributed by atoms with Crippen LogP contribution >= 0.6 is 22.9 Å². The summed E-state index contributed by atoms with van der Waals surface area (Å²) in [6, 6.07) is 7.56. The average Bonchev–Trinajstić information content (AvgIpc) is 2.74. The van der Waals surface area contributed by atoms with E-state index in [1.165, 1.54) is 4.88 Å². The second-order valence-corrected chi connectivity index (χ2v) is 5.51. The first-order valence-electron chi connectivity index (χ1n) is 5.41. The Morgan fingerprint density at radius 2 is 2.28 bits per heavy atom. The second-order valence-electron chi connectivity index (χ2n) is 3.71. The molecule has 0 spiro atoms. The minimum absolute atomic E-state index is 0.379. The van der Waals surface area contributed by atoms with Crippen LogP contribution in [-0.2, 0) is 6.42 Å². The van der Waals surface area contributed by atoms with Gasteiger partial charge in [-0.1, -0.05) is 11.6 Å². The fourth-order valence-electron chi connectivity index (χ4n) is 1.49. The summed E-state index contributed by atoms with van der Waals surface area (Å²) < 4.78 is 0.795. The molecule has 0 aliphatic rings. The number of halogens is 1. The number of hydrogen-bond acceptors (Lipinski definition) is 5. The van der Waals surface area contributed by atoms with Gasteiger partial charge in [0.15, 0.2) is 0 Å². The average molecular weight is 279 g/mol. The first-order valence-corrected chi connectivity index (χ1v) is 6.60. The van der Waals surface area contributed by atoms with E-state index < -0.39 is 0 Å². The molecule has 0 fully saturated rings. The molecule has 92 valence electrons. The van der Waals surface area contributed by atoms with Crippen molar-refractivity contribution in [1.29, 1.82) is 5.26 Å². The first-order chi connectivity index (χ1) is 8.67. The lowest BCUT2D eigenvalue weighted by Gasteiger charge is -2.04. The Balaban J connectivity index is 1.94. The second kappa shape index (κ2) is 5.80. The van der Waals surface area contributed by atoms with E-state index in [2.05, 4.69) is 15.3 Å². The van der Waals surface area contributed by atoms with Gasteiger partial charge in [-0.05, 0) is 31.5 Å². The summed E-state index contributed by atoms with van der Waals surface area (Å²) in [7, 11) is 0. The van der Waals surface area contributed by atoms with Crippen molar-refractivity contribution >= 4 is 28.9 Å². The third-order valence-electron chi connectivity index (χ3n) is 2.25. The molecule has 18 heavy (non-hydrogen) atoms. The van der Waals surface area contributed by atoms with Gasteiger partial charge in [0, 0.05) is 17.1 Å². The maximum Gasteiger partial charge on any atom is 0.224 e. The lowest BCUT2D eigenvalue weighted by atomic mass is 10.3. The zero-order valence-corrected chi connectivity index (χ0v) is 11.3. The van der Waals surface area contributed by atoms with Gasteiger partial charge in [0.2, 0.25) is 5.95 Å². The monoisotopic (exact) mass is 278 g/mol. The Bertz CT molecular complexity index is 588. The Kier molecular flexibility index (Phi) is 4.13. The normalized spacial score (nSPS) is 10.1. The van der Waals surface area contributed by atoms with Crippen molar-refractivity contribution in [2.24, 2.45) is 0 Å². The Morgan fingerprint density at radius 3 is 2.94 bits per heavy atom. The lowest BCUT2D eigenvalue weighted by molar-refractivity contribution is 0.983. The molecule has 0 saturated heterocycles. The topological polar surface area (TPSA) is 61.6 Å². The van der Waals surface area contributed by atoms with E-state index in [4.69, 9.17) is 16.9 Å². The van der Waals surface area contributed by atoms with Gasteiger partial charge in [-0.15, -0.1) is 11.3 Å². The highest BCUT2D eigenvalue weighted by atomic mass is 35.5. The van der Waals surface area contributed by atoms with Crippen molar-refractivity contribution in [1.82, 2.24) is 9.97 Å². The molecule has 0 radical (unpaired) electrons. The molecule has 0 aliphatic carbocycles. The van der Waals surface area contributed by atoms with E-state index >= 15 is 0 Å². The quantitative estimate of drug-likeness (QED) is 0.934. The van der Waals surface area contributed by atoms with Crippen molar-refractivity contribution in [3.05, 3.63) is 38.8 Å². The number of anilines is 1. The first kappa shape index (κ1) is 12.8. The third kappa shape index (κ3) is 3.42. The van der Waals surface area contributed by atoms with Gasteiger partial charge in [0.05, 0.1) is 4.34 Å². The van der Waals surface area contributed by atoms with E-state index in [0.29, 0.717) is 18.2 Å². The van der Waals surface area contributed by atoms with Crippen LogP contribution in [0.25, 0.3) is 0 Å². The number of rotatable bonds is 4. The fourth-order valence-corrected chi connectivity index (χ4v) is 2.58. The summed E-state index contributed by atoms with van der Waals surface area (Å²) in [6.45, 7) is 2.55. The van der Waals surface area contributed by atoms with Crippen LogP contribution in [0.4, 0.5) is 5.95 Å². The van der Waals surface area contributed by atoms with E-state index in [1.54, 1.807) is 17.4 Å². The number of nitrogens with zero attached hydrogens (tertiary/aromatic N) is 3. The Hall–Kier alpha value is -1.64. The number of thiophene rings is 1. The Morgan fingerprint density at radius 1 is 1.44 bits per heavy atom. The van der Waals surface area contributed by atoms with Crippen LogP contribution in [-0.4, -0.2) is 16.5 Å². The lowest BCUT2D eigenvalue weighted by Crippen LogP contribution is -2.08. The van der Waals surface area contributed by atoms with Crippen molar-refractivity contribution in [2.45, 2.75) is 13.3 Å². The van der Waals surface area contributed by atoms with Crippen LogP contribution in [0, 0.1) is 18.3 Å². The van der Waals surface area contributed by atoms with Crippen LogP contribution in [0.5, 0.6) is 0 Å². The van der Waals surface area contributed by atoms with Crippen molar-refractivity contribution in [3.8, 4) is 6.07 Å². The summed E-state index contributed by atoms with van der Waals surface area (Å²) in [5.74, 6) is 0.495. The molecular weight excluding hydrogens is 268 g/mol. The maximum atomic E-state index is 8.81. The molecule has 2 aromatic rings. The van der Waals surface area contributed by atoms with Crippen molar-refractivity contribution in [2.75, 3.05) is 11.9 Å². The maximum absolute atomic E-state index is 8.81. The third-order valence-corrected chi connectivity index (χ3v) is 3.54. The van der Waals surface area contributed by atoms with E-state index in [1.807, 2.05) is 25.1 Å². The van der Waals surface area contributed by atoms with Crippen LogP contribution in [0.15, 0.2) is 18.2 Å². The van der Waals surface area contributed by atoms with Gasteiger partial charge in [0.25, 0.3) is 0 Å². The predicted molar refractivity (Wildman–Crippen MR) is 73.0 cm³/mol. The summed E-state index contributed by atoms with van der Waals surface area (Å²) in [6.07, 6.45) is 0.858. The van der Waals surface area contributed by atoms with Crippen LogP contribution in [0.2, 0.25) is 4.34 Å². The molecule has 0 aliphatic heterocycles. The molecule has 0 bridgehead atoms. The molecule has 0 aromatic carbocycles. The summed E-state index contributed by atoms with van der Waals surface area (Å²) in [5, 5.41) is 11.9. The van der Waals surface area contributed by atoms with Crippen LogP contribution in [0.3, 0.4) is 0 Å². The largest absolute Gasteiger partial charge is 0.354 e. The van der Waals surface area contributed by atoms with E-state index in [0.717, 1.165) is 16.5 Å². The smallest absolute Gasteiger partial charge is 0.224 e. The highest BCUT2D eigenvalue weighted by Gasteiger charge is 2.02. The zero-order chi connectivity index (χ0) is 13.0. The molecule has 2 aromatic heterocycles. The molecule has 0 amide bonds. The van der Waals surface area contributed by atoms with Gasteiger partial charge in [-0.2, -0.15) is 5.26 Å². The number of aromatic nitrogens is 2. The van der Waals surface area contributed by atoms with Gasteiger partial charge in [-0.3, -0.25) is 0 Å². The van der Waals surface area contributed by atoms with Gasteiger partial charge in [0.1, 0.15) is 11.8 Å². The molecule has 6 heteroatoms. The SMILES string of the molecule is Cc1cc(C#N)nc(NCCc2ccc(Cl)s2)n1. The summed E-state index contributed by atoms with van der Waals surface area (Å²) in [4.78, 5) is 9.51. The van der Waals surface area contributed by atoms with Gasteiger partial charge in [-0.25, -0.2) is 9.97 Å². The van der Waals surface area contributed by atoms with Crippen molar-refractivity contribution in [3.63, 3.8) is 0 Å². The van der Waals surface area contributed by atoms with E-state index in [-0.39, 0.29) is 0 Å². The number of nitrogens with one attached hydrogen (secondary N) is 1. The molecule has 1 N–H and O–H groups in total. The number of nitriles is 1. The molecule has 0 saturated carbocycles. The summed E-state index contributed by atoms with van der Waals surface area (Å²) in [5.41, 5.74) is 1.16. The molecule has 0 unspecified atom stereocenters. The molecule has 2 rings (SSSR count). The number of hydrogen-bond donors (Lipinski definition) is 1. The van der Waals surface area contributed by atoms with Crippen LogP contribution < -0.4 is 5.32 Å². The van der Waals surface area contributed by atoms with Crippen LogP contribution in [0.1, 0.15) is 16.3 Å². The fraction of sp³-hybridized carbons (Fsp3) is 0.250. The predicted octanol–water partition coefficient (Wildman–Crippen LogP) is 3.03. The van der Waals surface area contributed by atoms with Gasteiger partial charge < -0.3 is 5.32 Å². The Labute approximate surface area is 114 Å². The van der Waals surface area contributed by atoms with Crippen molar-refractivity contribution < 1.29 is 0 Å². The number of aryl methyl sites for hydroxylation is 1. The van der Waals surface area contributed by atoms with Gasteiger partial charge >= 0.3 is 0 Å². The molecular formula is C12H11ClN4S. The minimum atomic E-state index is 0.379. The standard InChI is InChI=1S/C12H11ClN4S/c1-8-6-9(7-14)17-12(16-8)15-5-4-10-2-3-11(13)18-10/h2-3,6H,4-5H2,1H3,(H,15,16,17). The minimum Gasteiger partial charge on any atom is -0.354 e. The zero-order valence-electron chi connectivity index (χ0n) is 9.77. The summed E-state index contributed by atoms with van der Waals surface area (Å²) >= 11 is 7.42. The highest BCUT2D eigenvalue weighted by Crippen LogP contribution is 2.21. The molecule has 4 nitrogen and oxygen atoms in total. The molecule has 2 heterocycles. The highest BCUT2D eigenvalue weighted by molar-refractivity contribution is 7.16. The van der Waals surface area contributed by atoms with E-state index in [9.17, 15) is 0 Å². The molecule has 0 atom stereocenters.